The highest BCUT2D eigenvalue weighted by Crippen LogP contribution is 2.19. The van der Waals surface area contributed by atoms with Crippen molar-refractivity contribution in [3.8, 4) is 0 Å². The first kappa shape index (κ1) is 7.22. The van der Waals surface area contributed by atoms with E-state index >= 15 is 0 Å². The van der Waals surface area contributed by atoms with E-state index in [9.17, 15) is 0 Å². The molecule has 0 saturated carbocycles. The normalized spacial score (nSPS) is 15.8. The van der Waals surface area contributed by atoms with Crippen LogP contribution in [-0.2, 0) is 0 Å². The van der Waals surface area contributed by atoms with Crippen molar-refractivity contribution in [1.29, 1.82) is 0 Å². The summed E-state index contributed by atoms with van der Waals surface area (Å²) in [7, 11) is 2.01. The molecule has 1 radical (unpaired) electrons. The maximum Gasteiger partial charge on any atom is 0.145 e. The smallest absolute Gasteiger partial charge is 0.145 e. The second kappa shape index (κ2) is 2.89. The molecule has 2 heteroatoms. The van der Waals surface area contributed by atoms with Crippen LogP contribution in [0.15, 0.2) is 42.7 Å². The Bertz CT molecular complexity index is 279. The van der Waals surface area contributed by atoms with Crippen LogP contribution in [0.25, 0.3) is 0 Å². The van der Waals surface area contributed by atoms with Gasteiger partial charge in [0.2, 0.25) is 0 Å². The van der Waals surface area contributed by atoms with Crippen molar-refractivity contribution in [3.63, 3.8) is 0 Å². The summed E-state index contributed by atoms with van der Waals surface area (Å²) >= 11 is 0. The van der Waals surface area contributed by atoms with Gasteiger partial charge in [0.15, 0.2) is 0 Å². The highest BCUT2D eigenvalue weighted by Gasteiger charge is 2.09. The number of benzene rings is 1. The zero-order valence-electron chi connectivity index (χ0n) is 7.01. The molecule has 2 nitrogen and oxygen atoms in total. The Kier molecular flexibility index (Phi) is 1.74. The third-order valence-corrected chi connectivity index (χ3v) is 1.82. The van der Waals surface area contributed by atoms with Gasteiger partial charge in [-0.25, -0.2) is 0 Å². The van der Waals surface area contributed by atoms with E-state index in [0.29, 0.717) is 0 Å². The Labute approximate surface area is 72.7 Å². The first-order valence-electron chi connectivity index (χ1n) is 3.95. The molecule has 0 bridgehead atoms. The lowest BCUT2D eigenvalue weighted by atomic mass is 10.3. The second-order valence-corrected chi connectivity index (χ2v) is 2.82. The summed E-state index contributed by atoms with van der Waals surface area (Å²) < 4.78 is 0. The average molecular weight is 159 g/mol. The van der Waals surface area contributed by atoms with Crippen LogP contribution in [0.1, 0.15) is 0 Å². The molecule has 0 aliphatic carbocycles. The first-order chi connectivity index (χ1) is 5.86. The van der Waals surface area contributed by atoms with Crippen LogP contribution < -0.4 is 4.90 Å². The summed E-state index contributed by atoms with van der Waals surface area (Å²) in [6.45, 7) is 2.04. The van der Waals surface area contributed by atoms with Crippen molar-refractivity contribution in [2.75, 3.05) is 11.9 Å². The summed E-state index contributed by atoms with van der Waals surface area (Å²) in [6.07, 6.45) is 4.06. The Hall–Kier alpha value is -1.44. The van der Waals surface area contributed by atoms with E-state index in [1.54, 1.807) is 0 Å². The molecule has 1 aromatic carbocycles. The molecule has 0 fully saturated rings. The Morgan fingerprint density at radius 3 is 2.33 bits per heavy atom. The van der Waals surface area contributed by atoms with Gasteiger partial charge in [0, 0.05) is 25.1 Å². The molecule has 61 valence electrons. The second-order valence-electron chi connectivity index (χ2n) is 2.82. The van der Waals surface area contributed by atoms with Crippen LogP contribution in [0.2, 0.25) is 0 Å². The molecule has 0 unspecified atom stereocenters. The first-order valence-corrected chi connectivity index (χ1v) is 3.95. The maximum absolute atomic E-state index is 2.08. The molecule has 1 aliphatic heterocycles. The highest BCUT2D eigenvalue weighted by molar-refractivity contribution is 5.51. The van der Waals surface area contributed by atoms with E-state index in [4.69, 9.17) is 0 Å². The summed E-state index contributed by atoms with van der Waals surface area (Å²) in [5.74, 6) is 0. The minimum absolute atomic E-state index is 1.19. The minimum atomic E-state index is 1.19. The van der Waals surface area contributed by atoms with E-state index in [1.807, 2.05) is 49.2 Å². The van der Waals surface area contributed by atoms with Gasteiger partial charge in [-0.2, -0.15) is 0 Å². The lowest BCUT2D eigenvalue weighted by molar-refractivity contribution is 0.574. The van der Waals surface area contributed by atoms with Crippen LogP contribution in [0, 0.1) is 6.67 Å². The SMILES string of the molecule is CN1[CH]N(c2ccccc2)C=C1. The lowest BCUT2D eigenvalue weighted by Crippen LogP contribution is -2.14. The summed E-state index contributed by atoms with van der Waals surface area (Å²) in [5.41, 5.74) is 1.19. The molecule has 0 aromatic heterocycles. The van der Waals surface area contributed by atoms with Crippen molar-refractivity contribution in [3.05, 3.63) is 49.4 Å². The van der Waals surface area contributed by atoms with Crippen LogP contribution in [-0.4, -0.2) is 11.9 Å². The molecular weight excluding hydrogens is 148 g/mol. The molecule has 1 aliphatic rings. The van der Waals surface area contributed by atoms with Crippen molar-refractivity contribution in [2.45, 2.75) is 0 Å². The number of rotatable bonds is 1. The zero-order chi connectivity index (χ0) is 8.39. The molecule has 0 amide bonds. The van der Waals surface area contributed by atoms with Gasteiger partial charge >= 0.3 is 0 Å². The molecule has 0 N–H and O–H groups in total. The third-order valence-electron chi connectivity index (χ3n) is 1.82. The van der Waals surface area contributed by atoms with Crippen molar-refractivity contribution >= 4 is 5.69 Å². The number of para-hydroxylation sites is 1. The predicted molar refractivity (Wildman–Crippen MR) is 50.1 cm³/mol. The lowest BCUT2D eigenvalue weighted by Gasteiger charge is -2.16. The number of anilines is 1. The van der Waals surface area contributed by atoms with E-state index in [0.717, 1.165) is 0 Å². The molecule has 12 heavy (non-hydrogen) atoms. The molecule has 0 saturated heterocycles. The van der Waals surface area contributed by atoms with Crippen LogP contribution in [0.5, 0.6) is 0 Å². The van der Waals surface area contributed by atoms with Gasteiger partial charge in [0.05, 0.1) is 0 Å². The van der Waals surface area contributed by atoms with Gasteiger partial charge in [-0.05, 0) is 12.1 Å². The minimum Gasteiger partial charge on any atom is -0.356 e. The Morgan fingerprint density at radius 2 is 1.75 bits per heavy atom. The molecule has 1 aromatic rings. The molecule has 0 spiro atoms. The van der Waals surface area contributed by atoms with Crippen molar-refractivity contribution < 1.29 is 0 Å². The fourth-order valence-electron chi connectivity index (χ4n) is 1.20. The molecule has 2 rings (SSSR count). The van der Waals surface area contributed by atoms with Crippen LogP contribution in [0.4, 0.5) is 5.69 Å². The summed E-state index contributed by atoms with van der Waals surface area (Å²) in [4.78, 5) is 4.10. The van der Waals surface area contributed by atoms with E-state index in [-0.39, 0.29) is 0 Å². The van der Waals surface area contributed by atoms with Gasteiger partial charge in [-0.1, -0.05) is 18.2 Å². The van der Waals surface area contributed by atoms with E-state index in [1.165, 1.54) is 5.69 Å². The standard InChI is InChI=1S/C10H11N2/c1-11-7-8-12(9-11)10-5-3-2-4-6-10/h2-9H,1H3. The molecule has 1 heterocycles. The fourth-order valence-corrected chi connectivity index (χ4v) is 1.20. The van der Waals surface area contributed by atoms with Gasteiger partial charge in [0.25, 0.3) is 0 Å². The van der Waals surface area contributed by atoms with E-state index in [2.05, 4.69) is 17.0 Å². The Morgan fingerprint density at radius 1 is 1.00 bits per heavy atom. The van der Waals surface area contributed by atoms with Crippen LogP contribution in [0.3, 0.4) is 0 Å². The number of nitrogens with zero attached hydrogens (tertiary/aromatic N) is 2. The van der Waals surface area contributed by atoms with Crippen molar-refractivity contribution in [2.24, 2.45) is 0 Å². The number of hydrogen-bond donors (Lipinski definition) is 0. The molecular formula is C10H11N2. The highest BCUT2D eigenvalue weighted by atomic mass is 15.3. The quantitative estimate of drug-likeness (QED) is 0.618. The van der Waals surface area contributed by atoms with E-state index < -0.39 is 0 Å². The average Bonchev–Trinajstić information content (AvgIpc) is 2.54. The van der Waals surface area contributed by atoms with Gasteiger partial charge in [-0.15, -0.1) is 0 Å². The topological polar surface area (TPSA) is 6.48 Å². The Balaban J connectivity index is 2.18. The number of hydrogen-bond acceptors (Lipinski definition) is 2. The van der Waals surface area contributed by atoms with Crippen LogP contribution >= 0.6 is 0 Å². The van der Waals surface area contributed by atoms with Gasteiger partial charge < -0.3 is 9.80 Å². The monoisotopic (exact) mass is 159 g/mol. The molecule has 0 atom stereocenters. The fraction of sp³-hybridized carbons (Fsp3) is 0.100. The van der Waals surface area contributed by atoms with Crippen molar-refractivity contribution in [1.82, 2.24) is 4.90 Å². The summed E-state index contributed by atoms with van der Waals surface area (Å²) in [5, 5.41) is 0. The maximum atomic E-state index is 2.08. The largest absolute Gasteiger partial charge is 0.356 e. The predicted octanol–water partition coefficient (Wildman–Crippen LogP) is 2.03. The third kappa shape index (κ3) is 1.28. The van der Waals surface area contributed by atoms with Gasteiger partial charge in [-0.3, -0.25) is 0 Å². The van der Waals surface area contributed by atoms with Gasteiger partial charge in [0.1, 0.15) is 6.67 Å². The summed E-state index contributed by atoms with van der Waals surface area (Å²) in [6, 6.07) is 10.3. The zero-order valence-corrected chi connectivity index (χ0v) is 7.01.